The van der Waals surface area contributed by atoms with Crippen molar-refractivity contribution in [1.29, 1.82) is 0 Å². The quantitative estimate of drug-likeness (QED) is 0.485. The van der Waals surface area contributed by atoms with Crippen LogP contribution in [0.15, 0.2) is 55.0 Å². The first-order valence-corrected chi connectivity index (χ1v) is 8.86. The zero-order valence-electron chi connectivity index (χ0n) is 15.4. The topological polar surface area (TPSA) is 114 Å². The number of pyridine rings is 2. The molecule has 1 amide bonds. The number of aromatic nitrogens is 4. The Labute approximate surface area is 162 Å². The molecule has 0 atom stereocenters. The van der Waals surface area contributed by atoms with Gasteiger partial charge in [-0.25, -0.2) is 4.98 Å². The van der Waals surface area contributed by atoms with E-state index < -0.39 is 0 Å². The van der Waals surface area contributed by atoms with Crippen LogP contribution in [-0.4, -0.2) is 45.8 Å². The van der Waals surface area contributed by atoms with Crippen molar-refractivity contribution in [2.24, 2.45) is 0 Å². The second kappa shape index (κ2) is 9.81. The lowest BCUT2D eigenvalue weighted by Crippen LogP contribution is -2.29. The molecule has 3 N–H and O–H groups in total. The van der Waals surface area contributed by atoms with E-state index in [0.717, 1.165) is 5.69 Å². The van der Waals surface area contributed by atoms with Crippen molar-refractivity contribution < 1.29 is 9.53 Å². The van der Waals surface area contributed by atoms with Gasteiger partial charge in [-0.05, 0) is 37.3 Å². The Morgan fingerprint density at radius 3 is 2.57 bits per heavy atom. The molecule has 0 unspecified atom stereocenters. The van der Waals surface area contributed by atoms with Gasteiger partial charge < -0.3 is 20.7 Å². The molecule has 0 aliphatic rings. The Kier molecular flexibility index (Phi) is 6.67. The van der Waals surface area contributed by atoms with Gasteiger partial charge in [-0.2, -0.15) is 0 Å². The number of amides is 1. The van der Waals surface area contributed by atoms with Crippen LogP contribution in [0.3, 0.4) is 0 Å². The van der Waals surface area contributed by atoms with Crippen LogP contribution < -0.4 is 20.7 Å². The zero-order valence-corrected chi connectivity index (χ0v) is 15.4. The van der Waals surface area contributed by atoms with Gasteiger partial charge in [0.15, 0.2) is 5.82 Å². The number of ether oxygens (including phenoxy) is 1. The number of hydrogen-bond acceptors (Lipinski definition) is 8. The van der Waals surface area contributed by atoms with Gasteiger partial charge in [0.2, 0.25) is 5.88 Å². The van der Waals surface area contributed by atoms with E-state index >= 15 is 0 Å². The van der Waals surface area contributed by atoms with Crippen LogP contribution in [0.4, 0.5) is 17.3 Å². The van der Waals surface area contributed by atoms with Crippen molar-refractivity contribution in [3.63, 3.8) is 0 Å². The van der Waals surface area contributed by atoms with Gasteiger partial charge in [0.05, 0.1) is 24.1 Å². The summed E-state index contributed by atoms with van der Waals surface area (Å²) in [5.74, 6) is 1.55. The van der Waals surface area contributed by atoms with E-state index in [1.54, 1.807) is 24.5 Å². The summed E-state index contributed by atoms with van der Waals surface area (Å²) in [5.41, 5.74) is 1.32. The van der Waals surface area contributed by atoms with Crippen molar-refractivity contribution in [3.05, 3.63) is 60.6 Å². The number of rotatable bonds is 9. The third-order valence-electron chi connectivity index (χ3n) is 3.61. The molecule has 3 aromatic heterocycles. The van der Waals surface area contributed by atoms with Gasteiger partial charge in [0, 0.05) is 31.5 Å². The average Bonchev–Trinajstić information content (AvgIpc) is 2.74. The van der Waals surface area contributed by atoms with E-state index in [4.69, 9.17) is 4.74 Å². The van der Waals surface area contributed by atoms with Crippen LogP contribution in [0.25, 0.3) is 0 Å². The first-order chi connectivity index (χ1) is 13.7. The minimum Gasteiger partial charge on any atom is -0.478 e. The number of carbonyl (C=O) groups excluding carboxylic acids is 1. The van der Waals surface area contributed by atoms with Crippen LogP contribution in [-0.2, 0) is 0 Å². The highest BCUT2D eigenvalue weighted by atomic mass is 16.5. The molecule has 0 saturated carbocycles. The SMILES string of the molecule is CCOc1ccc(C(=O)NCCNc2ccc(Nc3cccnc3)nn2)cn1. The fourth-order valence-corrected chi connectivity index (χ4v) is 2.29. The normalized spacial score (nSPS) is 10.2. The number of carbonyl (C=O) groups is 1. The maximum Gasteiger partial charge on any atom is 0.252 e. The van der Waals surface area contributed by atoms with Crippen LogP contribution in [0.5, 0.6) is 5.88 Å². The third-order valence-corrected chi connectivity index (χ3v) is 3.61. The molecule has 28 heavy (non-hydrogen) atoms. The molecule has 9 nitrogen and oxygen atoms in total. The molecule has 3 heterocycles. The zero-order chi connectivity index (χ0) is 19.6. The predicted molar refractivity (Wildman–Crippen MR) is 106 cm³/mol. The Morgan fingerprint density at radius 1 is 1.04 bits per heavy atom. The maximum absolute atomic E-state index is 12.1. The average molecular weight is 379 g/mol. The molecule has 0 aromatic carbocycles. The second-order valence-electron chi connectivity index (χ2n) is 5.67. The molecule has 0 radical (unpaired) electrons. The highest BCUT2D eigenvalue weighted by Gasteiger charge is 2.06. The fraction of sp³-hybridized carbons (Fsp3) is 0.211. The lowest BCUT2D eigenvalue weighted by molar-refractivity contribution is 0.0954. The minimum absolute atomic E-state index is 0.195. The lowest BCUT2D eigenvalue weighted by atomic mass is 10.2. The first-order valence-electron chi connectivity index (χ1n) is 8.86. The summed E-state index contributed by atoms with van der Waals surface area (Å²) in [4.78, 5) is 20.2. The van der Waals surface area contributed by atoms with E-state index in [0.29, 0.717) is 42.8 Å². The molecule has 144 valence electrons. The van der Waals surface area contributed by atoms with Gasteiger partial charge in [-0.15, -0.1) is 10.2 Å². The molecule has 0 spiro atoms. The Morgan fingerprint density at radius 2 is 1.89 bits per heavy atom. The standard InChI is InChI=1S/C19H21N7O2/c1-2-28-18-8-5-14(12-23-18)19(27)22-11-10-21-16-6-7-17(26-25-16)24-15-4-3-9-20-13-15/h3-9,12-13H,2,10-11H2,1H3,(H,21,25)(H,22,27)(H,24,26). The summed E-state index contributed by atoms with van der Waals surface area (Å²) in [5, 5.41) is 17.2. The molecule has 3 rings (SSSR count). The van der Waals surface area contributed by atoms with Crippen LogP contribution >= 0.6 is 0 Å². The Balaban J connectivity index is 1.40. The number of anilines is 3. The molecule has 3 aromatic rings. The lowest BCUT2D eigenvalue weighted by Gasteiger charge is -2.08. The number of hydrogen-bond donors (Lipinski definition) is 3. The first kappa shape index (κ1) is 19.0. The van der Waals surface area contributed by atoms with Gasteiger partial charge in [-0.1, -0.05) is 0 Å². The van der Waals surface area contributed by atoms with E-state index in [1.807, 2.05) is 31.2 Å². The summed E-state index contributed by atoms with van der Waals surface area (Å²) in [6.07, 6.45) is 4.90. The molecule has 0 fully saturated rings. The molecule has 0 aliphatic heterocycles. The number of nitrogens with one attached hydrogen (secondary N) is 3. The van der Waals surface area contributed by atoms with Crippen molar-refractivity contribution in [2.45, 2.75) is 6.92 Å². The smallest absolute Gasteiger partial charge is 0.252 e. The largest absolute Gasteiger partial charge is 0.478 e. The monoisotopic (exact) mass is 379 g/mol. The second-order valence-corrected chi connectivity index (χ2v) is 5.67. The predicted octanol–water partition coefficient (Wildman–Crippen LogP) is 2.25. The molecule has 0 saturated heterocycles. The molecule has 0 aliphatic carbocycles. The Hall–Kier alpha value is -3.75. The summed E-state index contributed by atoms with van der Waals surface area (Å²) in [6.45, 7) is 3.36. The maximum atomic E-state index is 12.1. The molecular weight excluding hydrogens is 358 g/mol. The molecule has 9 heteroatoms. The van der Waals surface area contributed by atoms with Gasteiger partial charge >= 0.3 is 0 Å². The van der Waals surface area contributed by atoms with Gasteiger partial charge in [0.25, 0.3) is 5.91 Å². The summed E-state index contributed by atoms with van der Waals surface area (Å²) in [6, 6.07) is 10.7. The van der Waals surface area contributed by atoms with Crippen molar-refractivity contribution in [3.8, 4) is 5.88 Å². The van der Waals surface area contributed by atoms with Crippen LogP contribution in [0, 0.1) is 0 Å². The van der Waals surface area contributed by atoms with E-state index in [1.165, 1.54) is 6.20 Å². The van der Waals surface area contributed by atoms with Crippen molar-refractivity contribution >= 4 is 23.2 Å². The highest BCUT2D eigenvalue weighted by Crippen LogP contribution is 2.12. The van der Waals surface area contributed by atoms with Gasteiger partial charge in [0.1, 0.15) is 5.82 Å². The van der Waals surface area contributed by atoms with Gasteiger partial charge in [-0.3, -0.25) is 9.78 Å². The fourth-order valence-electron chi connectivity index (χ4n) is 2.29. The van der Waals surface area contributed by atoms with Crippen molar-refractivity contribution in [1.82, 2.24) is 25.5 Å². The minimum atomic E-state index is -0.195. The van der Waals surface area contributed by atoms with E-state index in [2.05, 4.69) is 36.1 Å². The molecular formula is C19H21N7O2. The van der Waals surface area contributed by atoms with E-state index in [-0.39, 0.29) is 5.91 Å². The molecule has 0 bridgehead atoms. The number of nitrogens with zero attached hydrogens (tertiary/aromatic N) is 4. The summed E-state index contributed by atoms with van der Waals surface area (Å²) >= 11 is 0. The van der Waals surface area contributed by atoms with Crippen LogP contribution in [0.1, 0.15) is 17.3 Å². The summed E-state index contributed by atoms with van der Waals surface area (Å²) < 4.78 is 5.26. The van der Waals surface area contributed by atoms with Crippen LogP contribution in [0.2, 0.25) is 0 Å². The summed E-state index contributed by atoms with van der Waals surface area (Å²) in [7, 11) is 0. The van der Waals surface area contributed by atoms with Crippen molar-refractivity contribution in [2.75, 3.05) is 30.3 Å². The highest BCUT2D eigenvalue weighted by molar-refractivity contribution is 5.93. The third kappa shape index (κ3) is 5.63. The Bertz CT molecular complexity index is 871. The van der Waals surface area contributed by atoms with E-state index in [9.17, 15) is 4.79 Å².